The van der Waals surface area contributed by atoms with E-state index in [9.17, 15) is 4.79 Å². The zero-order valence-corrected chi connectivity index (χ0v) is 12.7. The highest BCUT2D eigenvalue weighted by molar-refractivity contribution is 5.85. The van der Waals surface area contributed by atoms with Crippen LogP contribution >= 0.6 is 0 Å². The highest BCUT2D eigenvalue weighted by Gasteiger charge is 2.49. The molecule has 1 fully saturated rings. The highest BCUT2D eigenvalue weighted by Crippen LogP contribution is 2.41. The molecule has 0 saturated heterocycles. The molecule has 0 unspecified atom stereocenters. The molecular weight excluding hydrogens is 248 g/mol. The van der Waals surface area contributed by atoms with Gasteiger partial charge in [0.05, 0.1) is 0 Å². The molecule has 3 nitrogen and oxygen atoms in total. The summed E-state index contributed by atoms with van der Waals surface area (Å²) in [5.41, 5.74) is 6.43. The van der Waals surface area contributed by atoms with Crippen molar-refractivity contribution in [2.45, 2.75) is 51.6 Å². The molecule has 1 aromatic rings. The Bertz CT molecular complexity index is 457. The Morgan fingerprint density at radius 1 is 1.30 bits per heavy atom. The highest BCUT2D eigenvalue weighted by atomic mass is 16.1. The Morgan fingerprint density at radius 2 is 1.95 bits per heavy atom. The van der Waals surface area contributed by atoms with Crippen molar-refractivity contribution < 1.29 is 4.79 Å². The molecule has 1 saturated carbocycles. The lowest BCUT2D eigenvalue weighted by atomic mass is 9.78. The van der Waals surface area contributed by atoms with Crippen LogP contribution in [0.15, 0.2) is 30.3 Å². The minimum Gasteiger partial charge on any atom is -0.368 e. The molecule has 0 bridgehead atoms. The first-order chi connectivity index (χ1) is 9.47. The van der Waals surface area contributed by atoms with Crippen LogP contribution in [-0.4, -0.2) is 11.4 Å². The number of amides is 1. The lowest BCUT2D eigenvalue weighted by Gasteiger charge is -2.38. The van der Waals surface area contributed by atoms with Gasteiger partial charge in [-0.15, -0.1) is 0 Å². The van der Waals surface area contributed by atoms with Crippen molar-refractivity contribution in [1.29, 1.82) is 0 Å². The summed E-state index contributed by atoms with van der Waals surface area (Å²) in [5.74, 6) is 0.586. The van der Waals surface area contributed by atoms with Gasteiger partial charge in [0, 0.05) is 6.04 Å². The summed E-state index contributed by atoms with van der Waals surface area (Å²) >= 11 is 0. The summed E-state index contributed by atoms with van der Waals surface area (Å²) in [7, 11) is 0. The maximum absolute atomic E-state index is 12.2. The van der Waals surface area contributed by atoms with Gasteiger partial charge < -0.3 is 5.73 Å². The molecule has 1 amide bonds. The third-order valence-electron chi connectivity index (χ3n) is 4.74. The second-order valence-corrected chi connectivity index (χ2v) is 6.36. The smallest absolute Gasteiger partial charge is 0.238 e. The number of hydrogen-bond donors (Lipinski definition) is 2. The second kappa shape index (κ2) is 5.96. The summed E-state index contributed by atoms with van der Waals surface area (Å²) in [6.45, 7) is 6.47. The molecule has 1 aliphatic carbocycles. The van der Waals surface area contributed by atoms with E-state index in [0.717, 1.165) is 19.3 Å². The first-order valence-electron chi connectivity index (χ1n) is 7.60. The lowest BCUT2D eigenvalue weighted by Crippen LogP contribution is -2.59. The Hall–Kier alpha value is -1.35. The summed E-state index contributed by atoms with van der Waals surface area (Å²) in [6.07, 6.45) is 3.00. The third kappa shape index (κ3) is 2.73. The van der Waals surface area contributed by atoms with Crippen LogP contribution in [0.3, 0.4) is 0 Å². The predicted octanol–water partition coefficient (Wildman–Crippen LogP) is 3.02. The molecule has 0 spiro atoms. The van der Waals surface area contributed by atoms with Gasteiger partial charge in [-0.1, -0.05) is 50.6 Å². The molecule has 0 radical (unpaired) electrons. The lowest BCUT2D eigenvalue weighted by molar-refractivity contribution is -0.127. The number of nitrogens with two attached hydrogens (primary N) is 1. The molecule has 0 aliphatic heterocycles. The fourth-order valence-electron chi connectivity index (χ4n) is 3.70. The Morgan fingerprint density at radius 3 is 2.50 bits per heavy atom. The van der Waals surface area contributed by atoms with Gasteiger partial charge in [0.2, 0.25) is 5.91 Å². The van der Waals surface area contributed by atoms with Crippen LogP contribution in [0, 0.1) is 11.8 Å². The van der Waals surface area contributed by atoms with Gasteiger partial charge in [0.1, 0.15) is 5.54 Å². The minimum atomic E-state index is -0.552. The molecule has 1 aromatic carbocycles. The van der Waals surface area contributed by atoms with E-state index >= 15 is 0 Å². The van der Waals surface area contributed by atoms with Crippen LogP contribution in [-0.2, 0) is 4.79 Å². The van der Waals surface area contributed by atoms with Gasteiger partial charge in [-0.2, -0.15) is 0 Å². The van der Waals surface area contributed by atoms with Crippen LogP contribution in [0.5, 0.6) is 0 Å². The van der Waals surface area contributed by atoms with Crippen LogP contribution in [0.2, 0.25) is 0 Å². The average molecular weight is 274 g/mol. The first kappa shape index (κ1) is 15.0. The van der Waals surface area contributed by atoms with E-state index < -0.39 is 5.54 Å². The topological polar surface area (TPSA) is 55.1 Å². The molecule has 0 aromatic heterocycles. The molecule has 20 heavy (non-hydrogen) atoms. The standard InChI is InChI=1S/C17H26N2O/c1-12(2)15-10-7-11-17(15,16(18)20)19-13(3)14-8-5-4-6-9-14/h4-6,8-9,12-13,15,19H,7,10-11H2,1-3H3,(H2,18,20)/t13-,15+,17-/m1/s1. The van der Waals surface area contributed by atoms with E-state index in [1.807, 2.05) is 18.2 Å². The van der Waals surface area contributed by atoms with E-state index in [1.165, 1.54) is 5.56 Å². The normalized spacial score (nSPS) is 27.7. The molecule has 110 valence electrons. The van der Waals surface area contributed by atoms with Crippen LogP contribution < -0.4 is 11.1 Å². The SMILES string of the molecule is CC(C)[C@@H]1CCC[C@]1(N[C@H](C)c1ccccc1)C(N)=O. The number of carbonyl (C=O) groups is 1. The molecule has 2 rings (SSSR count). The van der Waals surface area contributed by atoms with E-state index in [4.69, 9.17) is 5.73 Å². The van der Waals surface area contributed by atoms with E-state index in [-0.39, 0.29) is 11.9 Å². The number of rotatable bonds is 5. The molecular formula is C17H26N2O. The van der Waals surface area contributed by atoms with E-state index in [2.05, 4.69) is 38.2 Å². The minimum absolute atomic E-state index is 0.128. The van der Waals surface area contributed by atoms with Gasteiger partial charge in [0.15, 0.2) is 0 Å². The van der Waals surface area contributed by atoms with Crippen molar-refractivity contribution in [3.63, 3.8) is 0 Å². The van der Waals surface area contributed by atoms with Gasteiger partial charge in [-0.05, 0) is 37.2 Å². The van der Waals surface area contributed by atoms with Crippen LogP contribution in [0.4, 0.5) is 0 Å². The molecule has 0 heterocycles. The zero-order valence-electron chi connectivity index (χ0n) is 12.7. The fraction of sp³-hybridized carbons (Fsp3) is 0.588. The Labute approximate surface area is 121 Å². The average Bonchev–Trinajstić information content (AvgIpc) is 2.85. The van der Waals surface area contributed by atoms with Crippen LogP contribution in [0.25, 0.3) is 0 Å². The van der Waals surface area contributed by atoms with Crippen molar-refractivity contribution in [2.24, 2.45) is 17.6 Å². The van der Waals surface area contributed by atoms with Gasteiger partial charge >= 0.3 is 0 Å². The molecule has 3 heteroatoms. The maximum Gasteiger partial charge on any atom is 0.238 e. The van der Waals surface area contributed by atoms with Crippen molar-refractivity contribution >= 4 is 5.91 Å². The summed E-state index contributed by atoms with van der Waals surface area (Å²) in [6, 6.07) is 10.4. The van der Waals surface area contributed by atoms with E-state index in [1.54, 1.807) is 0 Å². The first-order valence-corrected chi connectivity index (χ1v) is 7.60. The van der Waals surface area contributed by atoms with Gasteiger partial charge in [-0.25, -0.2) is 0 Å². The third-order valence-corrected chi connectivity index (χ3v) is 4.74. The van der Waals surface area contributed by atoms with Crippen molar-refractivity contribution in [1.82, 2.24) is 5.32 Å². The predicted molar refractivity (Wildman–Crippen MR) is 82.1 cm³/mol. The number of benzene rings is 1. The second-order valence-electron chi connectivity index (χ2n) is 6.36. The van der Waals surface area contributed by atoms with E-state index in [0.29, 0.717) is 11.8 Å². The quantitative estimate of drug-likeness (QED) is 0.867. The van der Waals surface area contributed by atoms with Crippen molar-refractivity contribution in [2.75, 3.05) is 0 Å². The molecule has 3 N–H and O–H groups in total. The maximum atomic E-state index is 12.2. The van der Waals surface area contributed by atoms with Gasteiger partial charge in [0.25, 0.3) is 0 Å². The largest absolute Gasteiger partial charge is 0.368 e. The monoisotopic (exact) mass is 274 g/mol. The zero-order chi connectivity index (χ0) is 14.8. The summed E-state index contributed by atoms with van der Waals surface area (Å²) in [5, 5.41) is 3.56. The fourth-order valence-corrected chi connectivity index (χ4v) is 3.70. The summed E-state index contributed by atoms with van der Waals surface area (Å²) in [4.78, 5) is 12.2. The summed E-state index contributed by atoms with van der Waals surface area (Å²) < 4.78 is 0. The van der Waals surface area contributed by atoms with Gasteiger partial charge in [-0.3, -0.25) is 10.1 Å². The molecule has 3 atom stereocenters. The number of hydrogen-bond acceptors (Lipinski definition) is 2. The van der Waals surface area contributed by atoms with Crippen molar-refractivity contribution in [3.8, 4) is 0 Å². The number of nitrogens with one attached hydrogen (secondary N) is 1. The number of carbonyl (C=O) groups excluding carboxylic acids is 1. The number of primary amides is 1. The van der Waals surface area contributed by atoms with Crippen molar-refractivity contribution in [3.05, 3.63) is 35.9 Å². The van der Waals surface area contributed by atoms with Crippen LogP contribution in [0.1, 0.15) is 51.6 Å². The Kier molecular flexibility index (Phi) is 4.48. The Balaban J connectivity index is 2.24. The molecule has 1 aliphatic rings.